The second-order valence-corrected chi connectivity index (χ2v) is 3.65. The molecule has 0 aromatic heterocycles. The molecule has 1 aromatic rings. The van der Waals surface area contributed by atoms with Crippen LogP contribution in [0.2, 0.25) is 10.0 Å². The van der Waals surface area contributed by atoms with E-state index >= 15 is 0 Å². The molecule has 0 saturated carbocycles. The van der Waals surface area contributed by atoms with Gasteiger partial charge >= 0.3 is 0 Å². The van der Waals surface area contributed by atoms with Gasteiger partial charge in [0.1, 0.15) is 0 Å². The van der Waals surface area contributed by atoms with Crippen molar-refractivity contribution in [1.29, 1.82) is 0 Å². The molecule has 0 fully saturated rings. The van der Waals surface area contributed by atoms with Gasteiger partial charge < -0.3 is 0 Å². The fraction of sp³-hybridized carbons (Fsp3) is 0.143. The van der Waals surface area contributed by atoms with Crippen LogP contribution in [0.5, 0.6) is 0 Å². The third-order valence-corrected chi connectivity index (χ3v) is 2.24. The Morgan fingerprint density at radius 3 is 2.64 bits per heavy atom. The molecule has 0 aliphatic heterocycles. The van der Waals surface area contributed by atoms with Crippen molar-refractivity contribution in [1.82, 2.24) is 3.53 Å². The highest BCUT2D eigenvalue weighted by molar-refractivity contribution is 14.1. The Morgan fingerprint density at radius 1 is 1.36 bits per heavy atom. The van der Waals surface area contributed by atoms with Crippen molar-refractivity contribution < 1.29 is 0 Å². The molecule has 0 unspecified atom stereocenters. The number of benzene rings is 1. The number of hydrogen-bond acceptors (Lipinski definition) is 1. The molecule has 0 saturated heterocycles. The van der Waals surface area contributed by atoms with Crippen molar-refractivity contribution in [3.8, 4) is 0 Å². The fourth-order valence-corrected chi connectivity index (χ4v) is 1.62. The highest BCUT2D eigenvalue weighted by Crippen LogP contribution is 2.20. The summed E-state index contributed by atoms with van der Waals surface area (Å²) >= 11 is 13.7. The van der Waals surface area contributed by atoms with Crippen molar-refractivity contribution in [2.24, 2.45) is 0 Å². The Balaban J connectivity index is 2.90. The summed E-state index contributed by atoms with van der Waals surface area (Å²) in [4.78, 5) is 0. The summed E-state index contributed by atoms with van der Waals surface area (Å²) in [6.45, 7) is 0.760. The average Bonchev–Trinajstić information content (AvgIpc) is 1.95. The van der Waals surface area contributed by atoms with E-state index in [1.165, 1.54) is 0 Å². The third kappa shape index (κ3) is 2.78. The summed E-state index contributed by atoms with van der Waals surface area (Å²) in [6.07, 6.45) is 0. The lowest BCUT2D eigenvalue weighted by Crippen LogP contribution is -1.97. The molecule has 0 radical (unpaired) electrons. The highest BCUT2D eigenvalue weighted by Gasteiger charge is 1.98. The van der Waals surface area contributed by atoms with Crippen LogP contribution in [-0.4, -0.2) is 0 Å². The Labute approximate surface area is 89.6 Å². The van der Waals surface area contributed by atoms with E-state index in [9.17, 15) is 0 Å². The van der Waals surface area contributed by atoms with Gasteiger partial charge in [-0.15, -0.1) is 0 Å². The Morgan fingerprint density at radius 2 is 2.09 bits per heavy atom. The zero-order valence-electron chi connectivity index (χ0n) is 5.57. The first-order valence-corrected chi connectivity index (χ1v) is 4.85. The molecule has 0 spiro atoms. The predicted molar refractivity (Wildman–Crippen MR) is 57.3 cm³/mol. The van der Waals surface area contributed by atoms with Gasteiger partial charge in [-0.3, -0.25) is 3.53 Å². The predicted octanol–water partition coefficient (Wildman–Crippen LogP) is 3.43. The first-order valence-electron chi connectivity index (χ1n) is 3.01. The maximum atomic E-state index is 5.88. The lowest BCUT2D eigenvalue weighted by Gasteiger charge is -2.01. The van der Waals surface area contributed by atoms with E-state index < -0.39 is 0 Å². The first kappa shape index (κ1) is 9.58. The summed E-state index contributed by atoms with van der Waals surface area (Å²) in [6, 6.07) is 5.49. The maximum absolute atomic E-state index is 5.88. The van der Waals surface area contributed by atoms with Gasteiger partial charge in [-0.1, -0.05) is 29.3 Å². The van der Waals surface area contributed by atoms with Gasteiger partial charge in [-0.25, -0.2) is 0 Å². The molecule has 0 aliphatic carbocycles. The lowest BCUT2D eigenvalue weighted by atomic mass is 10.2. The monoisotopic (exact) mass is 301 g/mol. The van der Waals surface area contributed by atoms with Crippen LogP contribution < -0.4 is 3.53 Å². The van der Waals surface area contributed by atoms with Crippen LogP contribution in [0.25, 0.3) is 0 Å². The summed E-state index contributed by atoms with van der Waals surface area (Å²) < 4.78 is 2.99. The molecule has 0 aliphatic rings. The minimum Gasteiger partial charge on any atom is -0.257 e. The quantitative estimate of drug-likeness (QED) is 0.652. The van der Waals surface area contributed by atoms with E-state index in [4.69, 9.17) is 23.2 Å². The third-order valence-electron chi connectivity index (χ3n) is 1.27. The maximum Gasteiger partial charge on any atom is 0.0466 e. The molecular weight excluding hydrogens is 296 g/mol. The van der Waals surface area contributed by atoms with Gasteiger partial charge in [0.05, 0.1) is 0 Å². The largest absolute Gasteiger partial charge is 0.257 e. The zero-order valence-corrected chi connectivity index (χ0v) is 9.24. The van der Waals surface area contributed by atoms with Crippen LogP contribution in [0.15, 0.2) is 18.2 Å². The van der Waals surface area contributed by atoms with Crippen LogP contribution in [-0.2, 0) is 6.54 Å². The topological polar surface area (TPSA) is 12.0 Å². The minimum absolute atomic E-state index is 0.673. The molecule has 60 valence electrons. The molecule has 1 N–H and O–H groups in total. The summed E-state index contributed by atoms with van der Waals surface area (Å²) in [5.41, 5.74) is 1.06. The van der Waals surface area contributed by atoms with Crippen LogP contribution in [0.1, 0.15) is 5.56 Å². The minimum atomic E-state index is 0.673. The number of halogens is 3. The number of nitrogens with one attached hydrogen (secondary N) is 1. The molecule has 1 aromatic carbocycles. The van der Waals surface area contributed by atoms with Crippen LogP contribution in [0.4, 0.5) is 0 Å². The number of hydrogen-bond donors (Lipinski definition) is 1. The molecule has 0 atom stereocenters. The van der Waals surface area contributed by atoms with E-state index in [2.05, 4.69) is 26.4 Å². The zero-order chi connectivity index (χ0) is 8.27. The fourth-order valence-electron chi connectivity index (χ4n) is 0.737. The summed E-state index contributed by atoms with van der Waals surface area (Å²) in [7, 11) is 0. The molecule has 11 heavy (non-hydrogen) atoms. The molecule has 0 heterocycles. The van der Waals surface area contributed by atoms with Gasteiger partial charge in [-0.2, -0.15) is 0 Å². The summed E-state index contributed by atoms with van der Waals surface area (Å²) in [5.74, 6) is 0. The molecule has 1 rings (SSSR count). The van der Waals surface area contributed by atoms with Crippen molar-refractivity contribution in [2.45, 2.75) is 6.54 Å². The van der Waals surface area contributed by atoms with Gasteiger partial charge in [0.15, 0.2) is 0 Å². The van der Waals surface area contributed by atoms with E-state index in [1.54, 1.807) is 6.07 Å². The Hall–Kier alpha value is 0.490. The Kier molecular flexibility index (Phi) is 3.92. The first-order chi connectivity index (χ1) is 5.24. The summed E-state index contributed by atoms with van der Waals surface area (Å²) in [5, 5.41) is 1.38. The average molecular weight is 302 g/mol. The van der Waals surface area contributed by atoms with Gasteiger partial charge in [0.25, 0.3) is 0 Å². The van der Waals surface area contributed by atoms with Gasteiger partial charge in [0.2, 0.25) is 0 Å². The van der Waals surface area contributed by atoms with Crippen LogP contribution >= 0.6 is 46.1 Å². The normalized spacial score (nSPS) is 10.1. The van der Waals surface area contributed by atoms with Crippen LogP contribution in [0.3, 0.4) is 0 Å². The lowest BCUT2D eigenvalue weighted by molar-refractivity contribution is 1.01. The van der Waals surface area contributed by atoms with Crippen molar-refractivity contribution in [2.75, 3.05) is 0 Å². The molecule has 0 bridgehead atoms. The van der Waals surface area contributed by atoms with Gasteiger partial charge in [-0.05, 0) is 17.7 Å². The SMILES string of the molecule is Clc1ccc(CNI)c(Cl)c1. The Bertz CT molecular complexity index is 252. The van der Waals surface area contributed by atoms with E-state index in [-0.39, 0.29) is 0 Å². The standard InChI is InChI=1S/C7H6Cl2IN/c8-6-2-1-5(4-11-10)7(9)3-6/h1-3,11H,4H2. The van der Waals surface area contributed by atoms with E-state index in [0.29, 0.717) is 10.0 Å². The number of rotatable bonds is 2. The molecule has 0 amide bonds. The van der Waals surface area contributed by atoms with E-state index in [0.717, 1.165) is 12.1 Å². The van der Waals surface area contributed by atoms with Crippen molar-refractivity contribution in [3.63, 3.8) is 0 Å². The second-order valence-electron chi connectivity index (χ2n) is 2.05. The molecule has 4 heteroatoms. The smallest absolute Gasteiger partial charge is 0.0466 e. The van der Waals surface area contributed by atoms with Crippen molar-refractivity contribution in [3.05, 3.63) is 33.8 Å². The molecule has 1 nitrogen and oxygen atoms in total. The van der Waals surface area contributed by atoms with Gasteiger partial charge in [0, 0.05) is 39.5 Å². The second kappa shape index (κ2) is 4.50. The van der Waals surface area contributed by atoms with E-state index in [1.807, 2.05) is 12.1 Å². The highest BCUT2D eigenvalue weighted by atomic mass is 127. The van der Waals surface area contributed by atoms with Crippen LogP contribution in [0, 0.1) is 0 Å². The van der Waals surface area contributed by atoms with Crippen molar-refractivity contribution >= 4 is 46.1 Å². The molecular formula is C7H6Cl2IN.